The number of rotatable bonds is 4. The van der Waals surface area contributed by atoms with E-state index < -0.39 is 0 Å². The van der Waals surface area contributed by atoms with Gasteiger partial charge in [0.25, 0.3) is 0 Å². The van der Waals surface area contributed by atoms with Gasteiger partial charge >= 0.3 is 0 Å². The summed E-state index contributed by atoms with van der Waals surface area (Å²) in [6.07, 6.45) is 5.89. The van der Waals surface area contributed by atoms with Gasteiger partial charge in [0.05, 0.1) is 6.54 Å². The lowest BCUT2D eigenvalue weighted by Crippen LogP contribution is -2.55. The summed E-state index contributed by atoms with van der Waals surface area (Å²) in [6.45, 7) is 11.2. The van der Waals surface area contributed by atoms with E-state index >= 15 is 0 Å². The van der Waals surface area contributed by atoms with Crippen LogP contribution in [0.15, 0.2) is 0 Å². The fourth-order valence-corrected chi connectivity index (χ4v) is 3.99. The topological polar surface area (TPSA) is 49.6 Å². The number of carbonyl (C=O) groups excluding carboxylic acids is 1. The van der Waals surface area contributed by atoms with E-state index in [9.17, 15) is 4.79 Å². The molecule has 1 atom stereocenters. The number of nitrogens with two attached hydrogens (primary N) is 1. The third-order valence-corrected chi connectivity index (χ3v) is 5.31. The third kappa shape index (κ3) is 3.98. The number of hydrogen-bond acceptors (Lipinski definition) is 3. The lowest BCUT2D eigenvalue weighted by Gasteiger charge is -2.43. The van der Waals surface area contributed by atoms with E-state index in [1.807, 2.05) is 0 Å². The van der Waals surface area contributed by atoms with Crippen molar-refractivity contribution < 1.29 is 4.79 Å². The predicted molar refractivity (Wildman–Crippen MR) is 87.1 cm³/mol. The molecule has 0 bridgehead atoms. The van der Waals surface area contributed by atoms with E-state index in [1.165, 1.54) is 25.7 Å². The molecule has 1 saturated carbocycles. The van der Waals surface area contributed by atoms with Crippen LogP contribution in [-0.4, -0.2) is 53.5 Å². The van der Waals surface area contributed by atoms with Crippen molar-refractivity contribution in [2.24, 2.45) is 11.1 Å². The average molecular weight is 295 g/mol. The first-order chi connectivity index (χ1) is 9.81. The molecule has 1 aliphatic heterocycles. The standard InChI is InChI=1S/C17H33N3O/c1-13(2)20(14-7-5-6-8-14)16(21)11-19-10-9-15(18)17(3,4)12-19/h13-15H,5-12,18H2,1-4H3. The normalized spacial score (nSPS) is 27.2. The summed E-state index contributed by atoms with van der Waals surface area (Å²) < 4.78 is 0. The fourth-order valence-electron chi connectivity index (χ4n) is 3.99. The molecule has 1 aliphatic carbocycles. The van der Waals surface area contributed by atoms with E-state index in [-0.39, 0.29) is 11.5 Å². The van der Waals surface area contributed by atoms with Crippen LogP contribution in [0.2, 0.25) is 0 Å². The van der Waals surface area contributed by atoms with Gasteiger partial charge in [-0.15, -0.1) is 0 Å². The summed E-state index contributed by atoms with van der Waals surface area (Å²) >= 11 is 0. The van der Waals surface area contributed by atoms with Gasteiger partial charge in [0.2, 0.25) is 5.91 Å². The first kappa shape index (κ1) is 16.8. The van der Waals surface area contributed by atoms with Gasteiger partial charge in [0, 0.05) is 31.2 Å². The molecule has 1 heterocycles. The van der Waals surface area contributed by atoms with E-state index in [0.717, 1.165) is 19.5 Å². The highest BCUT2D eigenvalue weighted by Crippen LogP contribution is 2.29. The van der Waals surface area contributed by atoms with Crippen molar-refractivity contribution in [3.05, 3.63) is 0 Å². The zero-order chi connectivity index (χ0) is 15.6. The second kappa shape index (κ2) is 6.66. The highest BCUT2D eigenvalue weighted by atomic mass is 16.2. The minimum absolute atomic E-state index is 0.106. The summed E-state index contributed by atoms with van der Waals surface area (Å²) in [5.74, 6) is 0.308. The van der Waals surface area contributed by atoms with Crippen LogP contribution in [0.5, 0.6) is 0 Å². The SMILES string of the molecule is CC(C)N(C(=O)CN1CCC(N)C(C)(C)C1)C1CCCC1. The second-order valence-electron chi connectivity index (χ2n) is 7.93. The molecule has 4 nitrogen and oxygen atoms in total. The van der Waals surface area contributed by atoms with Crippen molar-refractivity contribution in [3.63, 3.8) is 0 Å². The maximum absolute atomic E-state index is 12.8. The molecule has 1 unspecified atom stereocenters. The molecule has 2 aliphatic rings. The minimum Gasteiger partial charge on any atom is -0.336 e. The van der Waals surface area contributed by atoms with E-state index in [0.29, 0.717) is 24.5 Å². The van der Waals surface area contributed by atoms with Crippen LogP contribution in [0.3, 0.4) is 0 Å². The number of nitrogens with zero attached hydrogens (tertiary/aromatic N) is 2. The molecule has 2 rings (SSSR count). The van der Waals surface area contributed by atoms with Crippen LogP contribution in [0.4, 0.5) is 0 Å². The summed E-state index contributed by atoms with van der Waals surface area (Å²) in [5.41, 5.74) is 6.30. The predicted octanol–water partition coefficient (Wildman–Crippen LogP) is 2.23. The smallest absolute Gasteiger partial charge is 0.237 e. The fraction of sp³-hybridized carbons (Fsp3) is 0.941. The van der Waals surface area contributed by atoms with Crippen molar-refractivity contribution in [1.82, 2.24) is 9.80 Å². The summed E-state index contributed by atoms with van der Waals surface area (Å²) in [5, 5.41) is 0. The maximum Gasteiger partial charge on any atom is 0.237 e. The monoisotopic (exact) mass is 295 g/mol. The number of likely N-dealkylation sites (tertiary alicyclic amines) is 1. The molecule has 1 saturated heterocycles. The van der Waals surface area contributed by atoms with Crippen LogP contribution < -0.4 is 5.73 Å². The Hall–Kier alpha value is -0.610. The van der Waals surface area contributed by atoms with Gasteiger partial charge in [-0.3, -0.25) is 9.69 Å². The summed E-state index contributed by atoms with van der Waals surface area (Å²) in [6, 6.07) is 1.03. The number of hydrogen-bond donors (Lipinski definition) is 1. The van der Waals surface area contributed by atoms with E-state index in [1.54, 1.807) is 0 Å². The van der Waals surface area contributed by atoms with Gasteiger partial charge in [-0.1, -0.05) is 26.7 Å². The van der Waals surface area contributed by atoms with Crippen LogP contribution >= 0.6 is 0 Å². The summed E-state index contributed by atoms with van der Waals surface area (Å²) in [7, 11) is 0. The molecule has 0 radical (unpaired) electrons. The molecule has 2 N–H and O–H groups in total. The van der Waals surface area contributed by atoms with Gasteiger partial charge < -0.3 is 10.6 Å². The maximum atomic E-state index is 12.8. The first-order valence-corrected chi connectivity index (χ1v) is 8.60. The Kier molecular flexibility index (Phi) is 5.31. The third-order valence-electron chi connectivity index (χ3n) is 5.31. The Labute approximate surface area is 130 Å². The molecule has 0 aromatic carbocycles. The molecule has 0 aromatic rings. The number of amides is 1. The zero-order valence-electron chi connectivity index (χ0n) is 14.3. The van der Waals surface area contributed by atoms with Gasteiger partial charge in [0.1, 0.15) is 0 Å². The average Bonchev–Trinajstić information content (AvgIpc) is 2.86. The van der Waals surface area contributed by atoms with Crippen molar-refractivity contribution in [2.75, 3.05) is 19.6 Å². The number of carbonyl (C=O) groups is 1. The molecular weight excluding hydrogens is 262 g/mol. The molecule has 0 aromatic heterocycles. The van der Waals surface area contributed by atoms with E-state index in [2.05, 4.69) is 37.5 Å². The van der Waals surface area contributed by atoms with Crippen LogP contribution in [0, 0.1) is 5.41 Å². The molecule has 2 fully saturated rings. The highest BCUT2D eigenvalue weighted by molar-refractivity contribution is 5.79. The largest absolute Gasteiger partial charge is 0.336 e. The van der Waals surface area contributed by atoms with Gasteiger partial charge in [-0.25, -0.2) is 0 Å². The van der Waals surface area contributed by atoms with Gasteiger partial charge in [0.15, 0.2) is 0 Å². The quantitative estimate of drug-likeness (QED) is 0.865. The number of piperidine rings is 1. The first-order valence-electron chi connectivity index (χ1n) is 8.60. The Morgan fingerprint density at radius 3 is 2.43 bits per heavy atom. The molecule has 0 spiro atoms. The van der Waals surface area contributed by atoms with Crippen LogP contribution in [0.25, 0.3) is 0 Å². The minimum atomic E-state index is 0.106. The molecule has 122 valence electrons. The molecule has 21 heavy (non-hydrogen) atoms. The van der Waals surface area contributed by atoms with Crippen LogP contribution in [0.1, 0.15) is 59.8 Å². The van der Waals surface area contributed by atoms with Crippen molar-refractivity contribution in [3.8, 4) is 0 Å². The highest BCUT2D eigenvalue weighted by Gasteiger charge is 2.35. The summed E-state index contributed by atoms with van der Waals surface area (Å²) in [4.78, 5) is 17.2. The second-order valence-corrected chi connectivity index (χ2v) is 7.93. The Bertz CT molecular complexity index is 361. The van der Waals surface area contributed by atoms with Crippen molar-refractivity contribution >= 4 is 5.91 Å². The Morgan fingerprint density at radius 2 is 1.90 bits per heavy atom. The molecule has 4 heteroatoms. The Morgan fingerprint density at radius 1 is 1.29 bits per heavy atom. The molecular formula is C17H33N3O. The van der Waals surface area contributed by atoms with Gasteiger partial charge in [-0.05, 0) is 38.5 Å². The lowest BCUT2D eigenvalue weighted by atomic mass is 9.80. The Balaban J connectivity index is 1.95. The van der Waals surface area contributed by atoms with E-state index in [4.69, 9.17) is 5.73 Å². The van der Waals surface area contributed by atoms with Crippen molar-refractivity contribution in [2.45, 2.75) is 77.9 Å². The molecule has 1 amide bonds. The zero-order valence-corrected chi connectivity index (χ0v) is 14.3. The lowest BCUT2D eigenvalue weighted by molar-refractivity contribution is -0.137. The van der Waals surface area contributed by atoms with Crippen LogP contribution in [-0.2, 0) is 4.79 Å². The van der Waals surface area contributed by atoms with Gasteiger partial charge in [-0.2, -0.15) is 0 Å². The van der Waals surface area contributed by atoms with Crippen molar-refractivity contribution in [1.29, 1.82) is 0 Å².